The van der Waals surface area contributed by atoms with Gasteiger partial charge in [-0.05, 0) is 25.9 Å². The first kappa shape index (κ1) is 8.72. The van der Waals surface area contributed by atoms with Crippen molar-refractivity contribution >= 4 is 8.32 Å². The zero-order valence-corrected chi connectivity index (χ0v) is 9.17. The van der Waals surface area contributed by atoms with Crippen molar-refractivity contribution in [2.75, 3.05) is 7.11 Å². The third-order valence-corrected chi connectivity index (χ3v) is 6.90. The van der Waals surface area contributed by atoms with E-state index in [1.165, 1.54) is 19.3 Å². The van der Waals surface area contributed by atoms with Crippen LogP contribution >= 0.6 is 0 Å². The maximum absolute atomic E-state index is 5.63. The first-order valence-electron chi connectivity index (χ1n) is 4.86. The van der Waals surface area contributed by atoms with Crippen LogP contribution in [-0.4, -0.2) is 27.6 Å². The molecule has 2 aliphatic rings. The minimum Gasteiger partial charge on any atom is -0.420 e. The molecule has 0 aromatic carbocycles. The Balaban J connectivity index is 2.02. The molecule has 0 aromatic heterocycles. The maximum atomic E-state index is 5.63. The van der Waals surface area contributed by atoms with Crippen LogP contribution in [0.5, 0.6) is 0 Å². The largest absolute Gasteiger partial charge is 0.420 e. The van der Waals surface area contributed by atoms with Crippen molar-refractivity contribution in [1.82, 2.24) is 0 Å². The van der Waals surface area contributed by atoms with E-state index in [1.54, 1.807) is 0 Å². The van der Waals surface area contributed by atoms with Gasteiger partial charge in [0.15, 0.2) is 8.32 Å². The fourth-order valence-corrected chi connectivity index (χ4v) is 4.63. The molecule has 0 aromatic rings. The van der Waals surface area contributed by atoms with Crippen LogP contribution in [-0.2, 0) is 9.16 Å². The standard InChI is InChI=1S/C9H18O2Si/c1-10-12(2,3)8-6-4-5-7-9(8)11-7/h7-9H,4-6H2,1-3H3. The van der Waals surface area contributed by atoms with Gasteiger partial charge < -0.3 is 9.16 Å². The average molecular weight is 186 g/mol. The van der Waals surface area contributed by atoms with Gasteiger partial charge in [0.2, 0.25) is 0 Å². The zero-order valence-electron chi connectivity index (χ0n) is 8.17. The van der Waals surface area contributed by atoms with E-state index in [2.05, 4.69) is 13.1 Å². The fourth-order valence-electron chi connectivity index (χ4n) is 2.34. The third-order valence-electron chi connectivity index (χ3n) is 3.44. The molecule has 3 atom stereocenters. The van der Waals surface area contributed by atoms with Crippen LogP contribution in [0.15, 0.2) is 0 Å². The Hall–Kier alpha value is 0.137. The zero-order chi connectivity index (χ0) is 8.77. The van der Waals surface area contributed by atoms with E-state index in [0.717, 1.165) is 5.54 Å². The molecule has 0 N–H and O–H groups in total. The van der Waals surface area contributed by atoms with E-state index in [9.17, 15) is 0 Å². The lowest BCUT2D eigenvalue weighted by Gasteiger charge is -2.31. The van der Waals surface area contributed by atoms with Crippen LogP contribution in [0, 0.1) is 0 Å². The summed E-state index contributed by atoms with van der Waals surface area (Å²) in [6.45, 7) is 4.61. The molecular weight excluding hydrogens is 168 g/mol. The van der Waals surface area contributed by atoms with Crippen LogP contribution in [0.25, 0.3) is 0 Å². The molecule has 1 saturated carbocycles. The fraction of sp³-hybridized carbons (Fsp3) is 1.00. The van der Waals surface area contributed by atoms with Gasteiger partial charge in [-0.3, -0.25) is 0 Å². The van der Waals surface area contributed by atoms with E-state index in [0.29, 0.717) is 12.2 Å². The summed E-state index contributed by atoms with van der Waals surface area (Å²) < 4.78 is 11.3. The molecule has 0 spiro atoms. The predicted octanol–water partition coefficient (Wildman–Crippen LogP) is 2.16. The van der Waals surface area contributed by atoms with E-state index < -0.39 is 8.32 Å². The Morgan fingerprint density at radius 3 is 2.75 bits per heavy atom. The van der Waals surface area contributed by atoms with Crippen LogP contribution in [0.1, 0.15) is 19.3 Å². The van der Waals surface area contributed by atoms with Gasteiger partial charge in [0.1, 0.15) is 0 Å². The quantitative estimate of drug-likeness (QED) is 0.487. The van der Waals surface area contributed by atoms with Crippen LogP contribution in [0.3, 0.4) is 0 Å². The van der Waals surface area contributed by atoms with Gasteiger partial charge in [-0.25, -0.2) is 0 Å². The molecule has 0 amide bonds. The Bertz CT molecular complexity index is 181. The van der Waals surface area contributed by atoms with Crippen LogP contribution in [0.2, 0.25) is 18.6 Å². The summed E-state index contributed by atoms with van der Waals surface area (Å²) in [5.74, 6) is 0. The summed E-state index contributed by atoms with van der Waals surface area (Å²) in [6, 6.07) is 0. The van der Waals surface area contributed by atoms with Crippen molar-refractivity contribution in [3.63, 3.8) is 0 Å². The summed E-state index contributed by atoms with van der Waals surface area (Å²) in [7, 11) is 0.436. The summed E-state index contributed by atoms with van der Waals surface area (Å²) >= 11 is 0. The molecule has 2 rings (SSSR count). The second-order valence-electron chi connectivity index (χ2n) is 4.48. The van der Waals surface area contributed by atoms with E-state index >= 15 is 0 Å². The van der Waals surface area contributed by atoms with Crippen molar-refractivity contribution in [2.24, 2.45) is 0 Å². The van der Waals surface area contributed by atoms with Crippen molar-refractivity contribution < 1.29 is 9.16 Å². The second kappa shape index (κ2) is 2.82. The van der Waals surface area contributed by atoms with Gasteiger partial charge in [-0.2, -0.15) is 0 Å². The molecule has 2 nitrogen and oxygen atoms in total. The number of rotatable bonds is 2. The van der Waals surface area contributed by atoms with E-state index in [1.807, 2.05) is 7.11 Å². The Kier molecular flexibility index (Phi) is 2.05. The maximum Gasteiger partial charge on any atom is 0.191 e. The SMILES string of the molecule is CO[Si](C)(C)C1CCCC2OC21. The number of hydrogen-bond acceptors (Lipinski definition) is 2. The first-order valence-corrected chi connectivity index (χ1v) is 7.84. The number of ether oxygens (including phenoxy) is 1. The lowest BCUT2D eigenvalue weighted by atomic mass is 10.0. The highest BCUT2D eigenvalue weighted by Crippen LogP contribution is 2.48. The molecule has 1 aliphatic carbocycles. The molecule has 70 valence electrons. The van der Waals surface area contributed by atoms with Gasteiger partial charge in [0.05, 0.1) is 12.2 Å². The lowest BCUT2D eigenvalue weighted by Crippen LogP contribution is -2.39. The molecule has 1 heterocycles. The number of hydrogen-bond donors (Lipinski definition) is 0. The molecular formula is C9H18O2Si. The topological polar surface area (TPSA) is 21.8 Å². The van der Waals surface area contributed by atoms with Gasteiger partial charge in [-0.15, -0.1) is 0 Å². The summed E-state index contributed by atoms with van der Waals surface area (Å²) in [4.78, 5) is 0. The molecule has 1 saturated heterocycles. The van der Waals surface area contributed by atoms with Crippen LogP contribution in [0.4, 0.5) is 0 Å². The van der Waals surface area contributed by atoms with Gasteiger partial charge >= 0.3 is 0 Å². The molecule has 12 heavy (non-hydrogen) atoms. The lowest BCUT2D eigenvalue weighted by molar-refractivity contribution is 0.344. The highest BCUT2D eigenvalue weighted by molar-refractivity contribution is 6.72. The minimum atomic E-state index is -1.42. The Morgan fingerprint density at radius 1 is 1.33 bits per heavy atom. The van der Waals surface area contributed by atoms with Gasteiger partial charge in [-0.1, -0.05) is 6.42 Å². The molecule has 2 fully saturated rings. The summed E-state index contributed by atoms with van der Waals surface area (Å²) in [6.07, 6.45) is 5.13. The third kappa shape index (κ3) is 1.34. The second-order valence-corrected chi connectivity index (χ2v) is 8.84. The molecule has 3 unspecified atom stereocenters. The molecule has 1 aliphatic heterocycles. The average Bonchev–Trinajstić information content (AvgIpc) is 2.81. The number of epoxide rings is 1. The molecule has 0 radical (unpaired) electrons. The first-order chi connectivity index (χ1) is 5.65. The predicted molar refractivity (Wildman–Crippen MR) is 50.8 cm³/mol. The Labute approximate surface area is 75.4 Å². The highest BCUT2D eigenvalue weighted by Gasteiger charge is 2.53. The summed E-state index contributed by atoms with van der Waals surface area (Å²) in [5, 5.41) is 0. The Morgan fingerprint density at radius 2 is 2.08 bits per heavy atom. The van der Waals surface area contributed by atoms with Crippen molar-refractivity contribution in [3.05, 3.63) is 0 Å². The minimum absolute atomic E-state index is 0.570. The molecule has 0 bridgehead atoms. The van der Waals surface area contributed by atoms with Gasteiger partial charge in [0.25, 0.3) is 0 Å². The molecule has 3 heteroatoms. The normalized spacial score (nSPS) is 40.8. The van der Waals surface area contributed by atoms with E-state index in [-0.39, 0.29) is 0 Å². The van der Waals surface area contributed by atoms with Gasteiger partial charge in [0, 0.05) is 12.7 Å². The van der Waals surface area contributed by atoms with Crippen molar-refractivity contribution in [2.45, 2.75) is 50.1 Å². The summed E-state index contributed by atoms with van der Waals surface area (Å²) in [5.41, 5.74) is 0.751. The van der Waals surface area contributed by atoms with Crippen molar-refractivity contribution in [1.29, 1.82) is 0 Å². The smallest absolute Gasteiger partial charge is 0.191 e. The van der Waals surface area contributed by atoms with E-state index in [4.69, 9.17) is 9.16 Å². The monoisotopic (exact) mass is 186 g/mol. The highest BCUT2D eigenvalue weighted by atomic mass is 28.4. The van der Waals surface area contributed by atoms with Crippen molar-refractivity contribution in [3.8, 4) is 0 Å². The number of fused-ring (bicyclic) bond motifs is 1. The van der Waals surface area contributed by atoms with Crippen LogP contribution < -0.4 is 0 Å².